The number of rotatable bonds is 10. The lowest BCUT2D eigenvalue weighted by Crippen LogP contribution is -2.51. The topological polar surface area (TPSA) is 175 Å². The maximum Gasteiger partial charge on any atom is 0.407 e. The van der Waals surface area contributed by atoms with E-state index < -0.39 is 24.3 Å². The minimum atomic E-state index is -0.692. The molecule has 4 aliphatic rings. The third-order valence-electron chi connectivity index (χ3n) is 12.6. The standard InChI is InChI=1S/C42H52N8O6/c1-23(2)33(47-39(53)55-5)37(51)49-21-41(11-12-41)17-31(49)35-43-19-29(45-35)27-9-7-26-16-28(10-8-25(26)15-27)30-20-44-36(46-30)32-18-42(13-14-42)22-50(32)38(52)34(24(3)4)48-40(54)56-6/h7-10,15-16,19-20,23-24,31-34H,11-14,17-18,21-22H2,1-6H3,(H,43,45)(H,44,46)(H,47,53)(H,48,54)/t31-,32-,33-,34-/m0/s1. The number of fused-ring (bicyclic) bond motifs is 1. The monoisotopic (exact) mass is 764 g/mol. The van der Waals surface area contributed by atoms with Crippen molar-refractivity contribution in [2.24, 2.45) is 22.7 Å². The van der Waals surface area contributed by atoms with Crippen LogP contribution in [0.4, 0.5) is 9.59 Å². The zero-order chi connectivity index (χ0) is 39.5. The van der Waals surface area contributed by atoms with E-state index in [9.17, 15) is 19.2 Å². The number of carbonyl (C=O) groups excluding carboxylic acids is 4. The summed E-state index contributed by atoms with van der Waals surface area (Å²) < 4.78 is 9.63. The smallest absolute Gasteiger partial charge is 0.407 e. The molecule has 0 bridgehead atoms. The Kier molecular flexibility index (Phi) is 9.56. The molecule has 8 rings (SSSR count). The first-order chi connectivity index (χ1) is 26.8. The van der Waals surface area contributed by atoms with Crippen LogP contribution in [0, 0.1) is 22.7 Å². The summed E-state index contributed by atoms with van der Waals surface area (Å²) in [5.41, 5.74) is 3.93. The van der Waals surface area contributed by atoms with Gasteiger partial charge in [-0.2, -0.15) is 0 Å². The summed E-state index contributed by atoms with van der Waals surface area (Å²) in [4.78, 5) is 72.4. The number of aromatic amines is 2. The first-order valence-corrected chi connectivity index (χ1v) is 19.8. The molecule has 14 nitrogen and oxygen atoms in total. The molecule has 0 unspecified atom stereocenters. The van der Waals surface area contributed by atoms with Gasteiger partial charge in [-0.1, -0.05) is 52.0 Å². The predicted molar refractivity (Wildman–Crippen MR) is 209 cm³/mol. The Labute approximate surface area is 326 Å². The summed E-state index contributed by atoms with van der Waals surface area (Å²) in [6.45, 7) is 8.99. The van der Waals surface area contributed by atoms with Crippen LogP contribution in [0.25, 0.3) is 33.3 Å². The lowest BCUT2D eigenvalue weighted by Gasteiger charge is -2.30. The molecule has 2 saturated heterocycles. The van der Waals surface area contributed by atoms with Gasteiger partial charge < -0.3 is 39.9 Å². The first kappa shape index (κ1) is 37.5. The van der Waals surface area contributed by atoms with Crippen LogP contribution in [0.15, 0.2) is 48.8 Å². The number of methoxy groups -OCH3 is 2. The molecular weight excluding hydrogens is 713 g/mol. The van der Waals surface area contributed by atoms with Crippen LogP contribution >= 0.6 is 0 Å². The quantitative estimate of drug-likeness (QED) is 0.142. The Morgan fingerprint density at radius 3 is 1.41 bits per heavy atom. The predicted octanol–water partition coefficient (Wildman–Crippen LogP) is 6.49. The van der Waals surface area contributed by atoms with Gasteiger partial charge in [-0.15, -0.1) is 0 Å². The van der Waals surface area contributed by atoms with Crippen molar-refractivity contribution in [3.63, 3.8) is 0 Å². The van der Waals surface area contributed by atoms with E-state index in [0.717, 1.165) is 83.5 Å². The number of imidazole rings is 2. The number of hydrogen-bond donors (Lipinski definition) is 4. The van der Waals surface area contributed by atoms with Crippen LogP contribution in [-0.4, -0.2) is 93.1 Å². The van der Waals surface area contributed by atoms with Crippen LogP contribution in [0.1, 0.15) is 90.0 Å². The molecule has 296 valence electrons. The van der Waals surface area contributed by atoms with Crippen molar-refractivity contribution in [3.05, 3.63) is 60.4 Å². The van der Waals surface area contributed by atoms with Crippen LogP contribution in [0.2, 0.25) is 0 Å². The molecule has 4 fully saturated rings. The molecule has 2 aliphatic heterocycles. The fourth-order valence-corrected chi connectivity index (χ4v) is 8.78. The van der Waals surface area contributed by atoms with Crippen LogP contribution < -0.4 is 10.6 Å². The average Bonchev–Trinajstić information content (AvgIpc) is 3.77. The minimum Gasteiger partial charge on any atom is -0.453 e. The molecule has 2 spiro atoms. The number of benzene rings is 2. The zero-order valence-electron chi connectivity index (χ0n) is 33.0. The maximum atomic E-state index is 13.9. The molecule has 4 heterocycles. The summed E-state index contributed by atoms with van der Waals surface area (Å²) >= 11 is 0. The molecule has 2 aromatic heterocycles. The van der Waals surface area contributed by atoms with Crippen molar-refractivity contribution in [1.82, 2.24) is 40.4 Å². The van der Waals surface area contributed by atoms with E-state index in [4.69, 9.17) is 19.4 Å². The van der Waals surface area contributed by atoms with Crippen molar-refractivity contribution in [2.75, 3.05) is 27.3 Å². The molecule has 4 aromatic rings. The molecule has 56 heavy (non-hydrogen) atoms. The summed E-state index contributed by atoms with van der Waals surface area (Å²) in [7, 11) is 2.60. The van der Waals surface area contributed by atoms with Crippen molar-refractivity contribution in [1.29, 1.82) is 0 Å². The highest BCUT2D eigenvalue weighted by Crippen LogP contribution is 2.59. The van der Waals surface area contributed by atoms with Gasteiger partial charge in [0.2, 0.25) is 11.8 Å². The van der Waals surface area contributed by atoms with Gasteiger partial charge >= 0.3 is 12.2 Å². The molecule has 14 heteroatoms. The van der Waals surface area contributed by atoms with Gasteiger partial charge in [-0.05, 0) is 84.1 Å². The van der Waals surface area contributed by atoms with Gasteiger partial charge in [0.25, 0.3) is 0 Å². The number of alkyl carbamates (subject to hydrolysis) is 2. The van der Waals surface area contributed by atoms with E-state index in [0.29, 0.717) is 13.1 Å². The highest BCUT2D eigenvalue weighted by Gasteiger charge is 2.56. The molecule has 4 N–H and O–H groups in total. The lowest BCUT2D eigenvalue weighted by molar-refractivity contribution is -0.136. The normalized spacial score (nSPS) is 21.5. The second-order valence-electron chi connectivity index (χ2n) is 17.2. The molecule has 0 radical (unpaired) electrons. The van der Waals surface area contributed by atoms with Crippen molar-refractivity contribution in [2.45, 2.75) is 90.4 Å². The summed E-state index contributed by atoms with van der Waals surface area (Å²) in [6.07, 6.45) is 8.44. The molecule has 4 amide bonds. The van der Waals surface area contributed by atoms with Crippen LogP contribution in [-0.2, 0) is 19.1 Å². The largest absolute Gasteiger partial charge is 0.453 e. The van der Waals surface area contributed by atoms with Crippen LogP contribution in [0.5, 0.6) is 0 Å². The number of H-pyrrole nitrogens is 2. The Morgan fingerprint density at radius 2 is 1.07 bits per heavy atom. The Bertz CT molecular complexity index is 2010. The van der Waals surface area contributed by atoms with Gasteiger partial charge in [0, 0.05) is 24.2 Å². The Morgan fingerprint density at radius 1 is 0.679 bits per heavy atom. The highest BCUT2D eigenvalue weighted by atomic mass is 16.5. The van der Waals surface area contributed by atoms with Gasteiger partial charge in [-0.3, -0.25) is 9.59 Å². The van der Waals surface area contributed by atoms with E-state index >= 15 is 0 Å². The average molecular weight is 765 g/mol. The minimum absolute atomic E-state index is 0.109. The van der Waals surface area contributed by atoms with E-state index in [1.165, 1.54) is 14.2 Å². The molecule has 4 atom stereocenters. The third kappa shape index (κ3) is 7.09. The number of nitrogens with one attached hydrogen (secondary N) is 4. The molecule has 2 aliphatic carbocycles. The number of nitrogens with zero attached hydrogens (tertiary/aromatic N) is 4. The fourth-order valence-electron chi connectivity index (χ4n) is 8.78. The second kappa shape index (κ2) is 14.3. The van der Waals surface area contributed by atoms with Crippen molar-refractivity contribution in [3.8, 4) is 22.5 Å². The zero-order valence-corrected chi connectivity index (χ0v) is 33.0. The van der Waals surface area contributed by atoms with E-state index in [1.807, 2.05) is 49.9 Å². The van der Waals surface area contributed by atoms with Gasteiger partial charge in [-0.25, -0.2) is 19.6 Å². The third-order valence-corrected chi connectivity index (χ3v) is 12.6. The number of ether oxygens (including phenoxy) is 2. The molecular formula is C42H52N8O6. The Hall–Kier alpha value is -5.40. The summed E-state index contributed by atoms with van der Waals surface area (Å²) in [6, 6.07) is 10.8. The summed E-state index contributed by atoms with van der Waals surface area (Å²) in [5.74, 6) is 1.05. The van der Waals surface area contributed by atoms with Crippen molar-refractivity contribution < 1.29 is 28.7 Å². The lowest BCUT2D eigenvalue weighted by atomic mass is 10.0. The van der Waals surface area contributed by atoms with E-state index in [-0.39, 0.29) is 46.6 Å². The molecule has 2 saturated carbocycles. The van der Waals surface area contributed by atoms with E-state index in [2.05, 4.69) is 57.0 Å². The number of carbonyl (C=O) groups is 4. The van der Waals surface area contributed by atoms with Crippen LogP contribution in [0.3, 0.4) is 0 Å². The number of hydrogen-bond acceptors (Lipinski definition) is 8. The number of likely N-dealkylation sites (tertiary alicyclic amines) is 2. The highest BCUT2D eigenvalue weighted by molar-refractivity contribution is 5.90. The first-order valence-electron chi connectivity index (χ1n) is 19.8. The number of amides is 4. The maximum absolute atomic E-state index is 13.9. The van der Waals surface area contributed by atoms with Gasteiger partial charge in [0.15, 0.2) is 0 Å². The fraction of sp³-hybridized carbons (Fsp3) is 0.524. The molecule has 2 aromatic carbocycles. The Balaban J connectivity index is 0.997. The number of aromatic nitrogens is 4. The second-order valence-corrected chi connectivity index (χ2v) is 17.2. The summed E-state index contributed by atoms with van der Waals surface area (Å²) in [5, 5.41) is 7.61. The van der Waals surface area contributed by atoms with Crippen molar-refractivity contribution >= 4 is 34.8 Å². The van der Waals surface area contributed by atoms with Gasteiger partial charge in [0.05, 0.1) is 50.1 Å². The van der Waals surface area contributed by atoms with Gasteiger partial charge in [0.1, 0.15) is 23.7 Å². The SMILES string of the molecule is COC(=O)N[C@H](C(=O)N1CC2(CC2)C[C@H]1c1ncc(-c2ccc3cc(-c4cnc([C@@H]5CC6(CC6)CN5C(=O)[C@@H](NC(=O)OC)C(C)C)[nH]4)ccc3c2)[nH]1)C(C)C. The van der Waals surface area contributed by atoms with E-state index in [1.54, 1.807) is 0 Å².